The lowest BCUT2D eigenvalue weighted by atomic mass is 9.89. The number of nitrogens with zero attached hydrogens (tertiary/aromatic N) is 1. The predicted octanol–water partition coefficient (Wildman–Crippen LogP) is 4.25. The molecular weight excluding hydrogens is 430 g/mol. The fourth-order valence-electron chi connectivity index (χ4n) is 2.66. The summed E-state index contributed by atoms with van der Waals surface area (Å²) in [5.41, 5.74) is 0.275. The highest BCUT2D eigenvalue weighted by molar-refractivity contribution is 9.11. The van der Waals surface area contributed by atoms with Crippen LogP contribution < -0.4 is 0 Å². The molecule has 1 N–H and O–H groups in total. The summed E-state index contributed by atoms with van der Waals surface area (Å²) in [6.45, 7) is 5.85. The van der Waals surface area contributed by atoms with E-state index >= 15 is 0 Å². The second-order valence-electron chi connectivity index (χ2n) is 6.64. The van der Waals surface area contributed by atoms with Crippen molar-refractivity contribution in [2.24, 2.45) is 5.92 Å². The largest absolute Gasteiger partial charge is 0.481 e. The third-order valence-electron chi connectivity index (χ3n) is 3.60. The van der Waals surface area contributed by atoms with Crippen LogP contribution in [0.2, 0.25) is 0 Å². The first-order valence-corrected chi connectivity index (χ1v) is 8.82. The molecule has 7 heteroatoms. The second kappa shape index (κ2) is 6.81. The molecular formula is C16H19Br2NO4. The van der Waals surface area contributed by atoms with Crippen molar-refractivity contribution >= 4 is 43.9 Å². The van der Waals surface area contributed by atoms with Gasteiger partial charge in [0.25, 0.3) is 0 Å². The van der Waals surface area contributed by atoms with Gasteiger partial charge in [-0.3, -0.25) is 4.79 Å². The molecule has 1 aliphatic rings. The Balaban J connectivity index is 2.25. The maximum absolute atomic E-state index is 12.2. The zero-order valence-electron chi connectivity index (χ0n) is 13.2. The third-order valence-corrected chi connectivity index (χ3v) is 4.52. The molecule has 5 nitrogen and oxygen atoms in total. The number of likely N-dealkylation sites (tertiary alicyclic amines) is 1. The highest BCUT2D eigenvalue weighted by atomic mass is 79.9. The summed E-state index contributed by atoms with van der Waals surface area (Å²) in [4.78, 5) is 25.3. The molecule has 23 heavy (non-hydrogen) atoms. The Morgan fingerprint density at radius 3 is 2.22 bits per heavy atom. The van der Waals surface area contributed by atoms with E-state index in [9.17, 15) is 14.7 Å². The molecule has 0 aliphatic carbocycles. The molecule has 1 heterocycles. The van der Waals surface area contributed by atoms with E-state index in [1.807, 2.05) is 18.2 Å². The van der Waals surface area contributed by atoms with Gasteiger partial charge < -0.3 is 14.7 Å². The number of rotatable bonds is 2. The number of amides is 1. The number of halogens is 2. The molecule has 1 aromatic carbocycles. The van der Waals surface area contributed by atoms with Gasteiger partial charge in [-0.15, -0.1) is 0 Å². The molecule has 0 unspecified atom stereocenters. The fraction of sp³-hybridized carbons (Fsp3) is 0.500. The second-order valence-corrected chi connectivity index (χ2v) is 8.47. The SMILES string of the molecule is CC(C)(C)OC(=O)N1C[C@H](C(=O)O)[C@@H](c2cc(Br)cc(Br)c2)C1. The Bertz CT molecular complexity index is 607. The number of carboxylic acid groups (broad SMARTS) is 1. The first kappa shape index (κ1) is 18.3. The van der Waals surface area contributed by atoms with Crippen molar-refractivity contribution in [3.63, 3.8) is 0 Å². The van der Waals surface area contributed by atoms with Crippen LogP contribution in [0.15, 0.2) is 27.1 Å². The van der Waals surface area contributed by atoms with Gasteiger partial charge in [-0.25, -0.2) is 4.79 Å². The van der Waals surface area contributed by atoms with Gasteiger partial charge in [-0.2, -0.15) is 0 Å². The van der Waals surface area contributed by atoms with Gasteiger partial charge >= 0.3 is 12.1 Å². The van der Waals surface area contributed by atoms with Crippen molar-refractivity contribution in [3.8, 4) is 0 Å². The molecule has 1 aromatic rings. The van der Waals surface area contributed by atoms with Crippen LogP contribution in [-0.2, 0) is 9.53 Å². The van der Waals surface area contributed by atoms with Crippen molar-refractivity contribution in [1.82, 2.24) is 4.90 Å². The lowest BCUT2D eigenvalue weighted by Crippen LogP contribution is -2.35. The smallest absolute Gasteiger partial charge is 0.410 e. The van der Waals surface area contributed by atoms with Crippen molar-refractivity contribution in [3.05, 3.63) is 32.7 Å². The summed E-state index contributed by atoms with van der Waals surface area (Å²) >= 11 is 6.84. The zero-order chi connectivity index (χ0) is 17.4. The molecule has 0 bridgehead atoms. The maximum atomic E-state index is 12.2. The predicted molar refractivity (Wildman–Crippen MR) is 93.5 cm³/mol. The minimum Gasteiger partial charge on any atom is -0.481 e. The van der Waals surface area contributed by atoms with Crippen LogP contribution in [0.3, 0.4) is 0 Å². The Labute approximate surface area is 152 Å². The summed E-state index contributed by atoms with van der Waals surface area (Å²) in [6.07, 6.45) is -0.472. The van der Waals surface area contributed by atoms with Crippen LogP contribution in [0.4, 0.5) is 4.79 Å². The van der Waals surface area contributed by atoms with Crippen LogP contribution in [0.25, 0.3) is 0 Å². The summed E-state index contributed by atoms with van der Waals surface area (Å²) < 4.78 is 7.08. The van der Waals surface area contributed by atoms with Gasteiger partial charge in [0.05, 0.1) is 5.92 Å². The monoisotopic (exact) mass is 447 g/mol. The van der Waals surface area contributed by atoms with E-state index in [0.29, 0.717) is 6.54 Å². The number of carbonyl (C=O) groups excluding carboxylic acids is 1. The number of hydrogen-bond acceptors (Lipinski definition) is 3. The topological polar surface area (TPSA) is 66.8 Å². The van der Waals surface area contributed by atoms with Crippen molar-refractivity contribution in [1.29, 1.82) is 0 Å². The average molecular weight is 449 g/mol. The molecule has 1 amide bonds. The van der Waals surface area contributed by atoms with Crippen LogP contribution in [0.1, 0.15) is 32.3 Å². The first-order valence-electron chi connectivity index (χ1n) is 7.23. The number of carboxylic acids is 1. The van der Waals surface area contributed by atoms with Crippen molar-refractivity contribution < 1.29 is 19.4 Å². The van der Waals surface area contributed by atoms with E-state index in [1.165, 1.54) is 4.90 Å². The number of benzene rings is 1. The Kier molecular flexibility index (Phi) is 5.41. The summed E-state index contributed by atoms with van der Waals surface area (Å²) in [7, 11) is 0. The van der Waals surface area contributed by atoms with Gasteiger partial charge in [0, 0.05) is 28.0 Å². The van der Waals surface area contributed by atoms with Gasteiger partial charge in [-0.1, -0.05) is 31.9 Å². The molecule has 1 saturated heterocycles. The number of hydrogen-bond donors (Lipinski definition) is 1. The highest BCUT2D eigenvalue weighted by Crippen LogP contribution is 2.36. The molecule has 0 aromatic heterocycles. The van der Waals surface area contributed by atoms with E-state index in [1.54, 1.807) is 20.8 Å². The van der Waals surface area contributed by atoms with Gasteiger partial charge in [0.1, 0.15) is 5.60 Å². The Hall–Kier alpha value is -1.08. The normalized spacial score (nSPS) is 21.3. The lowest BCUT2D eigenvalue weighted by Gasteiger charge is -2.24. The molecule has 0 spiro atoms. The van der Waals surface area contributed by atoms with E-state index in [-0.39, 0.29) is 12.5 Å². The quantitative estimate of drug-likeness (QED) is 0.734. The molecule has 1 fully saturated rings. The molecule has 0 radical (unpaired) electrons. The minimum atomic E-state index is -0.905. The van der Waals surface area contributed by atoms with Gasteiger partial charge in [0.15, 0.2) is 0 Å². The van der Waals surface area contributed by atoms with E-state index in [2.05, 4.69) is 31.9 Å². The summed E-state index contributed by atoms with van der Waals surface area (Å²) in [5.74, 6) is -1.82. The molecule has 2 rings (SSSR count). The molecule has 1 aliphatic heterocycles. The first-order chi connectivity index (χ1) is 10.6. The molecule has 0 saturated carbocycles. The number of carbonyl (C=O) groups is 2. The molecule has 2 atom stereocenters. The van der Waals surface area contributed by atoms with Crippen LogP contribution in [0, 0.1) is 5.92 Å². The van der Waals surface area contributed by atoms with Gasteiger partial charge in [0.2, 0.25) is 0 Å². The highest BCUT2D eigenvalue weighted by Gasteiger charge is 2.41. The van der Waals surface area contributed by atoms with Crippen molar-refractivity contribution in [2.75, 3.05) is 13.1 Å². The standard InChI is InChI=1S/C16H19Br2NO4/c1-16(2,3)23-15(22)19-7-12(13(8-19)14(20)21)9-4-10(17)6-11(18)5-9/h4-6,12-13H,7-8H2,1-3H3,(H,20,21)/t12-,13+/m1/s1. The third kappa shape index (κ3) is 4.70. The number of aliphatic carboxylic acids is 1. The van der Waals surface area contributed by atoms with Gasteiger partial charge in [-0.05, 0) is 44.5 Å². The lowest BCUT2D eigenvalue weighted by molar-refractivity contribution is -0.141. The van der Waals surface area contributed by atoms with Crippen LogP contribution in [0.5, 0.6) is 0 Å². The fourth-order valence-corrected chi connectivity index (χ4v) is 3.99. The van der Waals surface area contributed by atoms with E-state index in [0.717, 1.165) is 14.5 Å². The molecule has 126 valence electrons. The van der Waals surface area contributed by atoms with Crippen molar-refractivity contribution in [2.45, 2.75) is 32.3 Å². The average Bonchev–Trinajstić information content (AvgIpc) is 2.80. The summed E-state index contributed by atoms with van der Waals surface area (Å²) in [6, 6.07) is 5.67. The Morgan fingerprint density at radius 1 is 1.17 bits per heavy atom. The zero-order valence-corrected chi connectivity index (χ0v) is 16.3. The van der Waals surface area contributed by atoms with E-state index in [4.69, 9.17) is 4.74 Å². The minimum absolute atomic E-state index is 0.152. The number of ether oxygens (including phenoxy) is 1. The summed E-state index contributed by atoms with van der Waals surface area (Å²) in [5, 5.41) is 9.51. The maximum Gasteiger partial charge on any atom is 0.410 e. The van der Waals surface area contributed by atoms with E-state index < -0.39 is 23.6 Å². The van der Waals surface area contributed by atoms with Crippen LogP contribution in [-0.4, -0.2) is 40.8 Å². The Morgan fingerprint density at radius 2 is 1.74 bits per heavy atom. The van der Waals surface area contributed by atoms with Crippen LogP contribution >= 0.6 is 31.9 Å².